The molecule has 6 rings (SSSR count). The number of rotatable bonds is 4. The Morgan fingerprint density at radius 2 is 1.64 bits per heavy atom. The first-order chi connectivity index (χ1) is 16.3. The number of hydrogen-bond donors (Lipinski definition) is 0. The van der Waals surface area contributed by atoms with Crippen molar-refractivity contribution in [3.8, 4) is 17.2 Å². The summed E-state index contributed by atoms with van der Waals surface area (Å²) in [6.07, 6.45) is 0.454. The minimum Gasteiger partial charge on any atom is -0.493 e. The van der Waals surface area contributed by atoms with E-state index in [0.717, 1.165) is 29.0 Å². The van der Waals surface area contributed by atoms with Crippen molar-refractivity contribution in [1.82, 2.24) is 5.01 Å². The van der Waals surface area contributed by atoms with Crippen LogP contribution in [0.15, 0.2) is 90.0 Å². The van der Waals surface area contributed by atoms with E-state index in [0.29, 0.717) is 11.5 Å². The van der Waals surface area contributed by atoms with Gasteiger partial charge in [0.05, 0.1) is 26.0 Å². The number of ether oxygens (including phenoxy) is 3. The molecule has 33 heavy (non-hydrogen) atoms. The van der Waals surface area contributed by atoms with Crippen molar-refractivity contribution in [1.29, 1.82) is 0 Å². The fourth-order valence-corrected chi connectivity index (χ4v) is 4.90. The molecular formula is C28H24N2O3. The van der Waals surface area contributed by atoms with Crippen molar-refractivity contribution in [3.05, 3.63) is 102 Å². The van der Waals surface area contributed by atoms with Crippen LogP contribution in [0.2, 0.25) is 0 Å². The van der Waals surface area contributed by atoms with E-state index < -0.39 is 0 Å². The summed E-state index contributed by atoms with van der Waals surface area (Å²) >= 11 is 0. The van der Waals surface area contributed by atoms with Gasteiger partial charge in [-0.1, -0.05) is 60.7 Å². The first-order valence-electron chi connectivity index (χ1n) is 11.1. The Labute approximate surface area is 192 Å². The Bertz CT molecular complexity index is 1380. The van der Waals surface area contributed by atoms with Gasteiger partial charge in [0.15, 0.2) is 11.5 Å². The molecule has 4 aromatic carbocycles. The zero-order valence-electron chi connectivity index (χ0n) is 18.6. The maximum absolute atomic E-state index is 6.50. The topological polar surface area (TPSA) is 43.3 Å². The SMILES string of the molecule is COc1ccc([C@@H]2Oc3ccccc3[C@@H]3CC(c4cccc5ccccc45)=NN32)cc1OC. The molecule has 5 heteroatoms. The third-order valence-electron chi connectivity index (χ3n) is 6.49. The van der Waals surface area contributed by atoms with E-state index in [-0.39, 0.29) is 12.3 Å². The smallest absolute Gasteiger partial charge is 0.214 e. The van der Waals surface area contributed by atoms with Gasteiger partial charge >= 0.3 is 0 Å². The van der Waals surface area contributed by atoms with Crippen molar-refractivity contribution >= 4 is 16.5 Å². The number of hydrogen-bond acceptors (Lipinski definition) is 5. The summed E-state index contributed by atoms with van der Waals surface area (Å²) < 4.78 is 17.5. The molecule has 2 atom stereocenters. The fraction of sp³-hybridized carbons (Fsp3) is 0.179. The Morgan fingerprint density at radius 1 is 0.848 bits per heavy atom. The first kappa shape index (κ1) is 19.7. The maximum atomic E-state index is 6.50. The lowest BCUT2D eigenvalue weighted by atomic mass is 9.93. The van der Waals surface area contributed by atoms with Crippen LogP contribution in [0, 0.1) is 0 Å². The molecular weight excluding hydrogens is 412 g/mol. The average molecular weight is 437 g/mol. The highest BCUT2D eigenvalue weighted by molar-refractivity contribution is 6.11. The van der Waals surface area contributed by atoms with Crippen LogP contribution < -0.4 is 14.2 Å². The van der Waals surface area contributed by atoms with Crippen LogP contribution in [0.5, 0.6) is 17.2 Å². The number of benzene rings is 4. The molecule has 2 aliphatic rings. The molecule has 0 unspecified atom stereocenters. The van der Waals surface area contributed by atoms with Crippen molar-refractivity contribution in [3.63, 3.8) is 0 Å². The number of nitrogens with zero attached hydrogens (tertiary/aromatic N) is 2. The predicted molar refractivity (Wildman–Crippen MR) is 129 cm³/mol. The zero-order valence-corrected chi connectivity index (χ0v) is 18.6. The van der Waals surface area contributed by atoms with E-state index in [1.807, 2.05) is 30.3 Å². The monoisotopic (exact) mass is 436 g/mol. The Hall–Kier alpha value is -3.99. The van der Waals surface area contributed by atoms with Gasteiger partial charge in [0.25, 0.3) is 0 Å². The summed E-state index contributed by atoms with van der Waals surface area (Å²) in [5, 5.41) is 9.67. The molecule has 0 bridgehead atoms. The lowest BCUT2D eigenvalue weighted by Crippen LogP contribution is -2.33. The molecule has 4 aromatic rings. The summed E-state index contributed by atoms with van der Waals surface area (Å²) in [5.74, 6) is 2.26. The average Bonchev–Trinajstić information content (AvgIpc) is 3.33. The van der Waals surface area contributed by atoms with Crippen LogP contribution in [0.1, 0.15) is 35.4 Å². The van der Waals surface area contributed by atoms with Gasteiger partial charge in [-0.15, -0.1) is 0 Å². The zero-order chi connectivity index (χ0) is 22.4. The number of fused-ring (bicyclic) bond motifs is 4. The molecule has 0 radical (unpaired) electrons. The molecule has 164 valence electrons. The summed E-state index contributed by atoms with van der Waals surface area (Å²) in [4.78, 5) is 0. The Kier molecular flexibility index (Phi) is 4.68. The molecule has 0 aromatic heterocycles. The standard InChI is InChI=1S/C28H24N2O3/c1-31-26-15-14-19(16-27(26)32-2)28-30-24(22-11-5-6-13-25(22)33-28)17-23(29-30)21-12-7-9-18-8-3-4-10-20(18)21/h3-16,24,28H,17H2,1-2H3/t24-,28-/m0/s1. The van der Waals surface area contributed by atoms with Crippen LogP contribution in [0.25, 0.3) is 10.8 Å². The maximum Gasteiger partial charge on any atom is 0.214 e. The summed E-state index contributed by atoms with van der Waals surface area (Å²) in [6.45, 7) is 0. The molecule has 0 fully saturated rings. The van der Waals surface area contributed by atoms with E-state index in [2.05, 4.69) is 59.6 Å². The predicted octanol–water partition coefficient (Wildman–Crippen LogP) is 6.10. The van der Waals surface area contributed by atoms with E-state index in [1.165, 1.54) is 16.3 Å². The summed E-state index contributed by atoms with van der Waals surface area (Å²) in [5.41, 5.74) is 4.37. The molecule has 5 nitrogen and oxygen atoms in total. The third kappa shape index (κ3) is 3.20. The minimum atomic E-state index is -0.364. The number of para-hydroxylation sites is 1. The van der Waals surface area contributed by atoms with Crippen molar-refractivity contribution in [2.75, 3.05) is 14.2 Å². The van der Waals surface area contributed by atoms with Gasteiger partial charge in [0.2, 0.25) is 6.23 Å². The molecule has 0 amide bonds. The second-order valence-electron chi connectivity index (χ2n) is 8.30. The van der Waals surface area contributed by atoms with Crippen LogP contribution >= 0.6 is 0 Å². The molecule has 0 aliphatic carbocycles. The third-order valence-corrected chi connectivity index (χ3v) is 6.49. The fourth-order valence-electron chi connectivity index (χ4n) is 4.90. The lowest BCUT2D eigenvalue weighted by Gasteiger charge is -2.38. The number of hydrazone groups is 1. The molecule has 0 N–H and O–H groups in total. The van der Waals surface area contributed by atoms with E-state index in [9.17, 15) is 0 Å². The molecule has 2 aliphatic heterocycles. The normalized spacial score (nSPS) is 18.8. The summed E-state index contributed by atoms with van der Waals surface area (Å²) in [7, 11) is 3.29. The van der Waals surface area contributed by atoms with Crippen LogP contribution in [-0.2, 0) is 0 Å². The Morgan fingerprint density at radius 3 is 2.52 bits per heavy atom. The minimum absolute atomic E-state index is 0.0991. The lowest BCUT2D eigenvalue weighted by molar-refractivity contribution is -0.0191. The second kappa shape index (κ2) is 7.85. The van der Waals surface area contributed by atoms with Crippen molar-refractivity contribution in [2.45, 2.75) is 18.7 Å². The quantitative estimate of drug-likeness (QED) is 0.388. The highest BCUT2D eigenvalue weighted by Crippen LogP contribution is 2.48. The van der Waals surface area contributed by atoms with Crippen molar-refractivity contribution in [2.24, 2.45) is 5.10 Å². The van der Waals surface area contributed by atoms with Crippen LogP contribution in [0.3, 0.4) is 0 Å². The molecule has 0 saturated carbocycles. The van der Waals surface area contributed by atoms with E-state index in [1.54, 1.807) is 14.2 Å². The van der Waals surface area contributed by atoms with Crippen LogP contribution in [-0.4, -0.2) is 24.9 Å². The van der Waals surface area contributed by atoms with E-state index >= 15 is 0 Å². The van der Waals surface area contributed by atoms with Gasteiger partial charge in [-0.25, -0.2) is 5.01 Å². The van der Waals surface area contributed by atoms with Gasteiger partial charge in [-0.2, -0.15) is 5.10 Å². The van der Waals surface area contributed by atoms with Gasteiger partial charge in [-0.05, 0) is 35.0 Å². The Balaban J connectivity index is 1.48. The molecule has 2 heterocycles. The molecule has 0 spiro atoms. The highest BCUT2D eigenvalue weighted by atomic mass is 16.5. The van der Waals surface area contributed by atoms with Crippen molar-refractivity contribution < 1.29 is 14.2 Å². The van der Waals surface area contributed by atoms with Gasteiger partial charge in [0.1, 0.15) is 5.75 Å². The van der Waals surface area contributed by atoms with E-state index in [4.69, 9.17) is 19.3 Å². The van der Waals surface area contributed by atoms with Gasteiger partial charge < -0.3 is 14.2 Å². The molecule has 0 saturated heterocycles. The summed E-state index contributed by atoms with van der Waals surface area (Å²) in [6, 6.07) is 29.1. The highest BCUT2D eigenvalue weighted by Gasteiger charge is 2.41. The first-order valence-corrected chi connectivity index (χ1v) is 11.1. The van der Waals surface area contributed by atoms with Gasteiger partial charge in [-0.3, -0.25) is 0 Å². The van der Waals surface area contributed by atoms with Crippen LogP contribution in [0.4, 0.5) is 0 Å². The largest absolute Gasteiger partial charge is 0.493 e. The second-order valence-corrected chi connectivity index (χ2v) is 8.30. The number of methoxy groups -OCH3 is 2. The van der Waals surface area contributed by atoms with Gasteiger partial charge in [0, 0.05) is 23.1 Å².